The Morgan fingerprint density at radius 2 is 2.33 bits per heavy atom. The number of pyridine rings is 1. The minimum Gasteiger partial charge on any atom is -0.397 e. The van der Waals surface area contributed by atoms with Gasteiger partial charge in [-0.05, 0) is 30.7 Å². The average molecular weight is 198 g/mol. The van der Waals surface area contributed by atoms with Gasteiger partial charge in [-0.25, -0.2) is 4.98 Å². The zero-order valence-electron chi connectivity index (χ0n) is 8.31. The second-order valence-corrected chi connectivity index (χ2v) is 3.27. The molecule has 2 heterocycles. The molecule has 0 radical (unpaired) electrons. The highest BCUT2D eigenvalue weighted by molar-refractivity contribution is 5.48. The van der Waals surface area contributed by atoms with Gasteiger partial charge in [0.1, 0.15) is 17.6 Å². The molecule has 2 aromatic heterocycles. The monoisotopic (exact) mass is 198 g/mol. The highest BCUT2D eigenvalue weighted by Crippen LogP contribution is 2.15. The molecule has 0 aliphatic heterocycles. The van der Waals surface area contributed by atoms with Gasteiger partial charge >= 0.3 is 0 Å². The Morgan fingerprint density at radius 3 is 3.00 bits per heavy atom. The molecule has 74 valence electrons. The minimum absolute atomic E-state index is 0.562. The van der Waals surface area contributed by atoms with E-state index in [-0.39, 0.29) is 0 Å². The first-order chi connectivity index (χ1) is 7.22. The van der Waals surface area contributed by atoms with Gasteiger partial charge in [-0.2, -0.15) is 5.26 Å². The first kappa shape index (κ1) is 9.28. The van der Waals surface area contributed by atoms with Crippen molar-refractivity contribution in [3.8, 4) is 11.9 Å². The highest BCUT2D eigenvalue weighted by Gasteiger charge is 2.04. The third-order valence-electron chi connectivity index (χ3n) is 2.25. The molecule has 2 N–H and O–H groups in total. The molecule has 0 atom stereocenters. The van der Waals surface area contributed by atoms with Crippen LogP contribution in [0.2, 0.25) is 0 Å². The second-order valence-electron chi connectivity index (χ2n) is 3.27. The quantitative estimate of drug-likeness (QED) is 0.757. The fraction of sp³-hybridized carbons (Fsp3) is 0.0909. The number of nitrogens with zero attached hydrogens (tertiary/aromatic N) is 3. The molecule has 0 aromatic carbocycles. The summed E-state index contributed by atoms with van der Waals surface area (Å²) in [7, 11) is 0. The summed E-state index contributed by atoms with van der Waals surface area (Å²) in [6.07, 6.45) is 3.41. The number of anilines is 1. The van der Waals surface area contributed by atoms with E-state index >= 15 is 0 Å². The fourth-order valence-corrected chi connectivity index (χ4v) is 1.36. The Bertz CT molecular complexity index is 534. The molecular formula is C11H10N4. The van der Waals surface area contributed by atoms with Crippen LogP contribution in [0.4, 0.5) is 5.69 Å². The van der Waals surface area contributed by atoms with Crippen LogP contribution in [0.1, 0.15) is 11.3 Å². The number of nitriles is 1. The van der Waals surface area contributed by atoms with Crippen molar-refractivity contribution in [2.24, 2.45) is 0 Å². The second kappa shape index (κ2) is 3.46. The van der Waals surface area contributed by atoms with Crippen LogP contribution in [-0.4, -0.2) is 9.55 Å². The van der Waals surface area contributed by atoms with E-state index in [9.17, 15) is 0 Å². The number of hydrogen-bond acceptors (Lipinski definition) is 3. The molecule has 2 rings (SSSR count). The molecule has 0 saturated carbocycles. The van der Waals surface area contributed by atoms with Crippen LogP contribution in [0.15, 0.2) is 30.6 Å². The average Bonchev–Trinajstić information content (AvgIpc) is 2.70. The Hall–Kier alpha value is -2.28. The molecule has 0 unspecified atom stereocenters. The maximum absolute atomic E-state index is 8.87. The van der Waals surface area contributed by atoms with E-state index in [2.05, 4.69) is 11.1 Å². The summed E-state index contributed by atoms with van der Waals surface area (Å²) >= 11 is 0. The smallest absolute Gasteiger partial charge is 0.137 e. The third kappa shape index (κ3) is 1.55. The maximum Gasteiger partial charge on any atom is 0.137 e. The molecule has 0 bridgehead atoms. The molecule has 4 heteroatoms. The topological polar surface area (TPSA) is 67.6 Å². The summed E-state index contributed by atoms with van der Waals surface area (Å²) in [6, 6.07) is 7.51. The van der Waals surface area contributed by atoms with E-state index in [1.165, 1.54) is 0 Å². The van der Waals surface area contributed by atoms with Crippen LogP contribution in [-0.2, 0) is 0 Å². The molecule has 4 nitrogen and oxygen atoms in total. The summed E-state index contributed by atoms with van der Waals surface area (Å²) in [5.74, 6) is 0.711. The predicted molar refractivity (Wildman–Crippen MR) is 57.4 cm³/mol. The minimum atomic E-state index is 0.562. The van der Waals surface area contributed by atoms with E-state index in [4.69, 9.17) is 11.0 Å². The normalized spacial score (nSPS) is 9.87. The maximum atomic E-state index is 8.87. The van der Waals surface area contributed by atoms with Crippen LogP contribution in [0.3, 0.4) is 0 Å². The van der Waals surface area contributed by atoms with Gasteiger partial charge < -0.3 is 5.73 Å². The Balaban J connectivity index is 2.56. The van der Waals surface area contributed by atoms with Gasteiger partial charge in [0, 0.05) is 6.20 Å². The summed E-state index contributed by atoms with van der Waals surface area (Å²) < 4.78 is 1.73. The van der Waals surface area contributed by atoms with Gasteiger partial charge in [-0.1, -0.05) is 0 Å². The largest absolute Gasteiger partial charge is 0.397 e. The van der Waals surface area contributed by atoms with Gasteiger partial charge in [-0.15, -0.1) is 0 Å². The lowest BCUT2D eigenvalue weighted by atomic mass is 10.2. The van der Waals surface area contributed by atoms with Crippen molar-refractivity contribution in [1.29, 1.82) is 5.26 Å². The van der Waals surface area contributed by atoms with Gasteiger partial charge in [0.25, 0.3) is 0 Å². The van der Waals surface area contributed by atoms with Gasteiger partial charge in [-0.3, -0.25) is 4.57 Å². The van der Waals surface area contributed by atoms with E-state index in [1.807, 2.05) is 19.1 Å². The zero-order valence-corrected chi connectivity index (χ0v) is 8.31. The summed E-state index contributed by atoms with van der Waals surface area (Å²) in [4.78, 5) is 4.18. The number of nitrogens with two attached hydrogens (primary N) is 1. The van der Waals surface area contributed by atoms with Crippen LogP contribution in [0.25, 0.3) is 5.82 Å². The fourth-order valence-electron chi connectivity index (χ4n) is 1.36. The first-order valence-corrected chi connectivity index (χ1v) is 4.52. The SMILES string of the molecule is Cc1cc(-n2cccc2C#N)ncc1N. The van der Waals surface area contributed by atoms with Gasteiger partial charge in [0.15, 0.2) is 0 Å². The standard InChI is InChI=1S/C11H10N4/c1-8-5-11(14-7-10(8)13)15-4-2-3-9(15)6-12/h2-5,7H,13H2,1H3. The van der Waals surface area contributed by atoms with Crippen molar-refractivity contribution in [1.82, 2.24) is 9.55 Å². The van der Waals surface area contributed by atoms with Crippen molar-refractivity contribution in [2.45, 2.75) is 6.92 Å². The number of aromatic nitrogens is 2. The van der Waals surface area contributed by atoms with Gasteiger partial charge in [0.2, 0.25) is 0 Å². The first-order valence-electron chi connectivity index (χ1n) is 4.52. The Labute approximate surface area is 87.6 Å². The van der Waals surface area contributed by atoms with Crippen molar-refractivity contribution in [2.75, 3.05) is 5.73 Å². The van der Waals surface area contributed by atoms with E-state index in [1.54, 1.807) is 23.0 Å². The molecule has 0 aliphatic rings. The van der Waals surface area contributed by atoms with E-state index in [0.29, 0.717) is 17.2 Å². The van der Waals surface area contributed by atoms with Crippen LogP contribution in [0.5, 0.6) is 0 Å². The highest BCUT2D eigenvalue weighted by atomic mass is 15.1. The van der Waals surface area contributed by atoms with Crippen molar-refractivity contribution < 1.29 is 0 Å². The molecule has 2 aromatic rings. The molecule has 15 heavy (non-hydrogen) atoms. The van der Waals surface area contributed by atoms with Crippen molar-refractivity contribution in [3.63, 3.8) is 0 Å². The van der Waals surface area contributed by atoms with Gasteiger partial charge in [0.05, 0.1) is 11.9 Å². The number of rotatable bonds is 1. The van der Waals surface area contributed by atoms with Crippen LogP contribution >= 0.6 is 0 Å². The molecular weight excluding hydrogens is 188 g/mol. The van der Waals surface area contributed by atoms with E-state index in [0.717, 1.165) is 5.56 Å². The third-order valence-corrected chi connectivity index (χ3v) is 2.25. The lowest BCUT2D eigenvalue weighted by molar-refractivity contribution is 0.985. The molecule has 0 spiro atoms. The molecule has 0 saturated heterocycles. The number of hydrogen-bond donors (Lipinski definition) is 1. The lowest BCUT2D eigenvalue weighted by Crippen LogP contribution is -2.00. The molecule has 0 fully saturated rings. The molecule has 0 amide bonds. The van der Waals surface area contributed by atoms with E-state index < -0.39 is 0 Å². The number of aryl methyl sites for hydroxylation is 1. The van der Waals surface area contributed by atoms with Crippen molar-refractivity contribution in [3.05, 3.63) is 41.9 Å². The molecule has 0 aliphatic carbocycles. The van der Waals surface area contributed by atoms with Crippen LogP contribution in [0, 0.1) is 18.3 Å². The Kier molecular flexibility index (Phi) is 2.14. The Morgan fingerprint density at radius 1 is 1.53 bits per heavy atom. The van der Waals surface area contributed by atoms with Crippen LogP contribution < -0.4 is 5.73 Å². The van der Waals surface area contributed by atoms with Crippen molar-refractivity contribution >= 4 is 5.69 Å². The lowest BCUT2D eigenvalue weighted by Gasteiger charge is -2.05. The predicted octanol–water partition coefficient (Wildman–Crippen LogP) is 1.63. The zero-order chi connectivity index (χ0) is 10.8. The summed E-state index contributed by atoms with van der Waals surface area (Å²) in [5, 5.41) is 8.87. The summed E-state index contributed by atoms with van der Waals surface area (Å²) in [5.41, 5.74) is 7.85. The summed E-state index contributed by atoms with van der Waals surface area (Å²) in [6.45, 7) is 1.91. The number of nitrogen functional groups attached to an aromatic ring is 1.